The highest BCUT2D eigenvalue weighted by atomic mass is 19.3. The van der Waals surface area contributed by atoms with Crippen LogP contribution in [0.15, 0.2) is 36.5 Å². The minimum Gasteiger partial charge on any atom is -0.201 e. The van der Waals surface area contributed by atoms with E-state index in [9.17, 15) is 8.78 Å². The lowest BCUT2D eigenvalue weighted by Gasteiger charge is -2.22. The molecule has 0 aromatic carbocycles. The van der Waals surface area contributed by atoms with Gasteiger partial charge in [0.1, 0.15) is 0 Å². The van der Waals surface area contributed by atoms with Gasteiger partial charge >= 0.3 is 0 Å². The molecule has 0 aromatic heterocycles. The monoisotopic (exact) mass is 170 g/mol. The Balaban J connectivity index is 2.79. The fourth-order valence-corrected chi connectivity index (χ4v) is 1.26. The van der Waals surface area contributed by atoms with E-state index in [-0.39, 0.29) is 0 Å². The molecule has 0 nitrogen and oxygen atoms in total. The molecule has 0 radical (unpaired) electrons. The molecule has 0 aliphatic heterocycles. The second-order valence-electron chi connectivity index (χ2n) is 3.03. The van der Waals surface area contributed by atoms with Crippen molar-refractivity contribution in [2.45, 2.75) is 19.3 Å². The third kappa shape index (κ3) is 1.81. The highest BCUT2D eigenvalue weighted by Crippen LogP contribution is 2.32. The molecule has 66 valence electrons. The van der Waals surface area contributed by atoms with Crippen LogP contribution in [0.4, 0.5) is 8.78 Å². The van der Waals surface area contributed by atoms with Gasteiger partial charge in [-0.1, -0.05) is 30.4 Å². The summed E-state index contributed by atoms with van der Waals surface area (Å²) in [5.74, 6) is -3.48. The van der Waals surface area contributed by atoms with E-state index in [1.165, 1.54) is 0 Å². The number of halogens is 2. The summed E-state index contributed by atoms with van der Waals surface area (Å²) in [6, 6.07) is 0. The average Bonchev–Trinajstić information content (AvgIpc) is 2.05. The maximum atomic E-state index is 13.0. The number of alkyl halides is 2. The summed E-state index contributed by atoms with van der Waals surface area (Å²) in [7, 11) is 0. The SMILES string of the molecule is C=CC(F)(F)C1C=C(C)C=CC1. The number of hydrogen-bond donors (Lipinski definition) is 0. The Bertz CT molecular complexity index is 236. The standard InChI is InChI=1S/C10H12F2/c1-3-10(11,12)9-6-4-5-8(2)7-9/h3-5,7,9H,1,6H2,2H3. The molecule has 0 N–H and O–H groups in total. The second kappa shape index (κ2) is 3.21. The summed E-state index contributed by atoms with van der Waals surface area (Å²) in [5.41, 5.74) is 0.896. The van der Waals surface area contributed by atoms with Crippen LogP contribution in [0.2, 0.25) is 0 Å². The Morgan fingerprint density at radius 2 is 2.33 bits per heavy atom. The Morgan fingerprint density at radius 3 is 2.83 bits per heavy atom. The molecular weight excluding hydrogens is 158 g/mol. The van der Waals surface area contributed by atoms with Gasteiger partial charge in [0, 0.05) is 5.92 Å². The van der Waals surface area contributed by atoms with Crippen molar-refractivity contribution in [3.63, 3.8) is 0 Å². The van der Waals surface area contributed by atoms with Crippen LogP contribution in [-0.4, -0.2) is 5.92 Å². The molecule has 1 unspecified atom stereocenters. The van der Waals surface area contributed by atoms with Gasteiger partial charge in [-0.2, -0.15) is 0 Å². The topological polar surface area (TPSA) is 0 Å². The van der Waals surface area contributed by atoms with E-state index in [1.54, 1.807) is 12.2 Å². The molecule has 12 heavy (non-hydrogen) atoms. The van der Waals surface area contributed by atoms with Gasteiger partial charge in [0.25, 0.3) is 5.92 Å². The number of hydrogen-bond acceptors (Lipinski definition) is 0. The summed E-state index contributed by atoms with van der Waals surface area (Å²) in [4.78, 5) is 0. The third-order valence-corrected chi connectivity index (χ3v) is 2.00. The largest absolute Gasteiger partial charge is 0.272 e. The predicted octanol–water partition coefficient (Wildman–Crippen LogP) is 3.33. The third-order valence-electron chi connectivity index (χ3n) is 2.00. The Morgan fingerprint density at radius 1 is 1.67 bits per heavy atom. The van der Waals surface area contributed by atoms with Gasteiger partial charge in [-0.3, -0.25) is 0 Å². The van der Waals surface area contributed by atoms with Crippen molar-refractivity contribution in [1.29, 1.82) is 0 Å². The minimum absolute atomic E-state index is 0.399. The number of rotatable bonds is 2. The van der Waals surface area contributed by atoms with Crippen molar-refractivity contribution in [2.24, 2.45) is 5.92 Å². The van der Waals surface area contributed by atoms with Crippen molar-refractivity contribution in [1.82, 2.24) is 0 Å². The molecule has 0 aromatic rings. The lowest BCUT2D eigenvalue weighted by Crippen LogP contribution is -2.24. The minimum atomic E-state index is -2.77. The summed E-state index contributed by atoms with van der Waals surface area (Å²) < 4.78 is 26.0. The zero-order valence-corrected chi connectivity index (χ0v) is 7.06. The summed E-state index contributed by atoms with van der Waals surface area (Å²) in [6.45, 7) is 4.95. The van der Waals surface area contributed by atoms with E-state index < -0.39 is 11.8 Å². The van der Waals surface area contributed by atoms with Crippen LogP contribution in [0.1, 0.15) is 13.3 Å². The van der Waals surface area contributed by atoms with Crippen LogP contribution in [0.25, 0.3) is 0 Å². The zero-order valence-electron chi connectivity index (χ0n) is 7.06. The van der Waals surface area contributed by atoms with Crippen LogP contribution < -0.4 is 0 Å². The number of allylic oxidation sites excluding steroid dienone is 5. The van der Waals surface area contributed by atoms with Crippen LogP contribution >= 0.6 is 0 Å². The molecule has 1 atom stereocenters. The highest BCUT2D eigenvalue weighted by Gasteiger charge is 2.34. The van der Waals surface area contributed by atoms with E-state index in [1.807, 2.05) is 13.0 Å². The Hall–Kier alpha value is -0.920. The molecule has 0 saturated heterocycles. The normalized spacial score (nSPS) is 23.6. The molecule has 0 heterocycles. The van der Waals surface area contributed by atoms with Gasteiger partial charge in [-0.05, 0) is 19.4 Å². The van der Waals surface area contributed by atoms with Crippen molar-refractivity contribution in [3.05, 3.63) is 36.5 Å². The van der Waals surface area contributed by atoms with E-state index >= 15 is 0 Å². The first-order valence-corrected chi connectivity index (χ1v) is 3.92. The van der Waals surface area contributed by atoms with E-state index in [0.717, 1.165) is 11.6 Å². The molecule has 0 saturated carbocycles. The lowest BCUT2D eigenvalue weighted by atomic mass is 9.91. The first kappa shape index (κ1) is 9.17. The van der Waals surface area contributed by atoms with Gasteiger partial charge in [0.2, 0.25) is 0 Å². The molecule has 2 heteroatoms. The van der Waals surface area contributed by atoms with Crippen LogP contribution in [0.5, 0.6) is 0 Å². The first-order chi connectivity index (χ1) is 5.56. The predicted molar refractivity (Wildman–Crippen MR) is 46.1 cm³/mol. The van der Waals surface area contributed by atoms with E-state index in [2.05, 4.69) is 6.58 Å². The average molecular weight is 170 g/mol. The van der Waals surface area contributed by atoms with Crippen LogP contribution in [0, 0.1) is 5.92 Å². The van der Waals surface area contributed by atoms with Gasteiger partial charge in [0.15, 0.2) is 0 Å². The molecular formula is C10H12F2. The van der Waals surface area contributed by atoms with Crippen molar-refractivity contribution in [3.8, 4) is 0 Å². The van der Waals surface area contributed by atoms with Gasteiger partial charge in [0.05, 0.1) is 0 Å². The Labute approximate surface area is 71.3 Å². The summed E-state index contributed by atoms with van der Waals surface area (Å²) >= 11 is 0. The summed E-state index contributed by atoms with van der Waals surface area (Å²) in [5, 5.41) is 0. The molecule has 0 fully saturated rings. The van der Waals surface area contributed by atoms with Crippen LogP contribution in [-0.2, 0) is 0 Å². The fraction of sp³-hybridized carbons (Fsp3) is 0.400. The molecule has 0 amide bonds. The van der Waals surface area contributed by atoms with Crippen molar-refractivity contribution >= 4 is 0 Å². The van der Waals surface area contributed by atoms with Crippen molar-refractivity contribution in [2.75, 3.05) is 0 Å². The molecule has 0 spiro atoms. The molecule has 1 rings (SSSR count). The maximum absolute atomic E-state index is 13.0. The Kier molecular flexibility index (Phi) is 2.46. The molecule has 1 aliphatic rings. The second-order valence-corrected chi connectivity index (χ2v) is 3.03. The summed E-state index contributed by atoms with van der Waals surface area (Å²) in [6.07, 6.45) is 6.35. The zero-order chi connectivity index (χ0) is 9.19. The molecule has 0 bridgehead atoms. The van der Waals surface area contributed by atoms with Crippen LogP contribution in [0.3, 0.4) is 0 Å². The van der Waals surface area contributed by atoms with Gasteiger partial charge in [-0.15, -0.1) is 0 Å². The fourth-order valence-electron chi connectivity index (χ4n) is 1.26. The van der Waals surface area contributed by atoms with Gasteiger partial charge < -0.3 is 0 Å². The molecule has 1 aliphatic carbocycles. The van der Waals surface area contributed by atoms with E-state index in [0.29, 0.717) is 6.42 Å². The van der Waals surface area contributed by atoms with Crippen molar-refractivity contribution < 1.29 is 8.78 Å². The smallest absolute Gasteiger partial charge is 0.201 e. The lowest BCUT2D eigenvalue weighted by molar-refractivity contribution is 0.0115. The maximum Gasteiger partial charge on any atom is 0.272 e. The van der Waals surface area contributed by atoms with E-state index in [4.69, 9.17) is 0 Å². The quantitative estimate of drug-likeness (QED) is 0.557. The van der Waals surface area contributed by atoms with Gasteiger partial charge in [-0.25, -0.2) is 8.78 Å². The highest BCUT2D eigenvalue weighted by molar-refractivity contribution is 5.24. The first-order valence-electron chi connectivity index (χ1n) is 3.92.